The van der Waals surface area contributed by atoms with E-state index in [0.29, 0.717) is 40.7 Å². The van der Waals surface area contributed by atoms with E-state index in [1.807, 2.05) is 6.92 Å². The summed E-state index contributed by atoms with van der Waals surface area (Å²) < 4.78 is 26.6. The van der Waals surface area contributed by atoms with E-state index in [0.717, 1.165) is 0 Å². The van der Waals surface area contributed by atoms with Gasteiger partial charge in [0, 0.05) is 0 Å². The van der Waals surface area contributed by atoms with Crippen molar-refractivity contribution in [2.24, 2.45) is 5.10 Å². The first-order valence-corrected chi connectivity index (χ1v) is 10.7. The molecule has 0 atom stereocenters. The minimum absolute atomic E-state index is 0.201. The number of benzene rings is 3. The Kier molecular flexibility index (Phi) is 9.07. The van der Waals surface area contributed by atoms with E-state index < -0.39 is 11.9 Å². The number of carbonyl (C=O) groups is 2. The Morgan fingerprint density at radius 1 is 0.829 bits per heavy atom. The fourth-order valence-corrected chi connectivity index (χ4v) is 2.89. The fraction of sp³-hybridized carbons (Fsp3) is 0.192. The van der Waals surface area contributed by atoms with E-state index in [2.05, 4.69) is 10.5 Å². The highest BCUT2D eigenvalue weighted by Crippen LogP contribution is 2.28. The van der Waals surface area contributed by atoms with Gasteiger partial charge in [-0.25, -0.2) is 10.2 Å². The standard InChI is InChI=1S/C26H26N2O7/c1-4-33-21-8-6-19(7-9-21)26(30)35-23-14-5-18(15-24(23)32-3)16-27-28-25(29)17-34-22-12-10-20(31-2)11-13-22/h5-16H,4,17H2,1-3H3,(H,28,29)/b27-16-. The van der Waals surface area contributed by atoms with E-state index in [1.165, 1.54) is 13.3 Å². The number of hydrazone groups is 1. The molecule has 0 saturated heterocycles. The molecule has 0 aliphatic heterocycles. The number of methoxy groups -OCH3 is 2. The topological polar surface area (TPSA) is 105 Å². The molecule has 0 aromatic heterocycles. The number of nitrogens with one attached hydrogen (secondary N) is 1. The molecule has 0 radical (unpaired) electrons. The molecule has 182 valence electrons. The van der Waals surface area contributed by atoms with Gasteiger partial charge in [-0.1, -0.05) is 0 Å². The maximum Gasteiger partial charge on any atom is 0.343 e. The fourth-order valence-electron chi connectivity index (χ4n) is 2.89. The van der Waals surface area contributed by atoms with Crippen LogP contribution in [0.15, 0.2) is 71.8 Å². The van der Waals surface area contributed by atoms with E-state index in [1.54, 1.807) is 73.8 Å². The second kappa shape index (κ2) is 12.6. The SMILES string of the molecule is CCOc1ccc(C(=O)Oc2ccc(/C=N\NC(=O)COc3ccc(OC)cc3)cc2OC)cc1. The summed E-state index contributed by atoms with van der Waals surface area (Å²) in [7, 11) is 3.03. The van der Waals surface area contributed by atoms with Crippen LogP contribution in [0.25, 0.3) is 0 Å². The molecule has 9 heteroatoms. The molecule has 35 heavy (non-hydrogen) atoms. The number of rotatable bonds is 11. The maximum absolute atomic E-state index is 12.5. The molecule has 0 spiro atoms. The predicted octanol–water partition coefficient (Wildman–Crippen LogP) is 3.85. The lowest BCUT2D eigenvalue weighted by molar-refractivity contribution is -0.123. The lowest BCUT2D eigenvalue weighted by Gasteiger charge is -2.10. The molecule has 0 saturated carbocycles. The number of hydrogen-bond acceptors (Lipinski definition) is 8. The first-order valence-electron chi connectivity index (χ1n) is 10.7. The zero-order chi connectivity index (χ0) is 25.0. The van der Waals surface area contributed by atoms with Gasteiger partial charge in [-0.05, 0) is 79.2 Å². The second-order valence-electron chi connectivity index (χ2n) is 7.01. The third-order valence-electron chi connectivity index (χ3n) is 4.62. The smallest absolute Gasteiger partial charge is 0.343 e. The quantitative estimate of drug-likeness (QED) is 0.193. The average molecular weight is 479 g/mol. The zero-order valence-electron chi connectivity index (χ0n) is 19.6. The van der Waals surface area contributed by atoms with Crippen molar-refractivity contribution in [2.45, 2.75) is 6.92 Å². The van der Waals surface area contributed by atoms with Gasteiger partial charge in [0.15, 0.2) is 18.1 Å². The summed E-state index contributed by atoms with van der Waals surface area (Å²) in [6, 6.07) is 18.4. The Morgan fingerprint density at radius 3 is 2.14 bits per heavy atom. The summed E-state index contributed by atoms with van der Waals surface area (Å²) in [6.07, 6.45) is 1.44. The van der Waals surface area contributed by atoms with Crippen molar-refractivity contribution >= 4 is 18.1 Å². The van der Waals surface area contributed by atoms with Crippen molar-refractivity contribution in [2.75, 3.05) is 27.4 Å². The Hall–Kier alpha value is -4.53. The van der Waals surface area contributed by atoms with Gasteiger partial charge in [-0.15, -0.1) is 0 Å². The van der Waals surface area contributed by atoms with Crippen molar-refractivity contribution in [1.82, 2.24) is 5.43 Å². The Labute approximate surface area is 203 Å². The minimum Gasteiger partial charge on any atom is -0.497 e. The molecule has 1 amide bonds. The van der Waals surface area contributed by atoms with Crippen molar-refractivity contribution in [3.8, 4) is 28.7 Å². The molecule has 3 aromatic rings. The lowest BCUT2D eigenvalue weighted by Crippen LogP contribution is -2.24. The summed E-state index contributed by atoms with van der Waals surface area (Å²) in [5.41, 5.74) is 3.39. The van der Waals surface area contributed by atoms with Crippen LogP contribution >= 0.6 is 0 Å². The Bertz CT molecular complexity index is 1160. The number of ether oxygens (including phenoxy) is 5. The zero-order valence-corrected chi connectivity index (χ0v) is 19.6. The molecule has 9 nitrogen and oxygen atoms in total. The number of hydrogen-bond donors (Lipinski definition) is 1. The highest BCUT2D eigenvalue weighted by molar-refractivity contribution is 5.92. The van der Waals surface area contributed by atoms with E-state index in [-0.39, 0.29) is 12.4 Å². The highest BCUT2D eigenvalue weighted by Gasteiger charge is 2.13. The van der Waals surface area contributed by atoms with Crippen LogP contribution in [0.4, 0.5) is 0 Å². The van der Waals surface area contributed by atoms with Crippen LogP contribution in [0.1, 0.15) is 22.8 Å². The minimum atomic E-state index is -0.531. The van der Waals surface area contributed by atoms with E-state index in [9.17, 15) is 9.59 Å². The summed E-state index contributed by atoms with van der Waals surface area (Å²) in [4.78, 5) is 24.4. The molecular weight excluding hydrogens is 452 g/mol. The van der Waals surface area contributed by atoms with Crippen LogP contribution in [0, 0.1) is 0 Å². The molecule has 0 aliphatic rings. The van der Waals surface area contributed by atoms with Crippen molar-refractivity contribution in [3.63, 3.8) is 0 Å². The highest BCUT2D eigenvalue weighted by atomic mass is 16.6. The number of carbonyl (C=O) groups excluding carboxylic acids is 2. The van der Waals surface area contributed by atoms with Crippen LogP contribution in [-0.4, -0.2) is 45.5 Å². The number of nitrogens with zero attached hydrogens (tertiary/aromatic N) is 1. The van der Waals surface area contributed by atoms with Gasteiger partial charge in [0.25, 0.3) is 5.91 Å². The summed E-state index contributed by atoms with van der Waals surface area (Å²) in [5, 5.41) is 3.92. The lowest BCUT2D eigenvalue weighted by atomic mass is 10.2. The predicted molar refractivity (Wildman–Crippen MR) is 130 cm³/mol. The second-order valence-corrected chi connectivity index (χ2v) is 7.01. The number of amides is 1. The van der Waals surface area contributed by atoms with Crippen LogP contribution in [0.3, 0.4) is 0 Å². The summed E-state index contributed by atoms with van der Waals surface area (Å²) >= 11 is 0. The normalized spacial score (nSPS) is 10.5. The van der Waals surface area contributed by atoms with E-state index in [4.69, 9.17) is 23.7 Å². The largest absolute Gasteiger partial charge is 0.497 e. The Morgan fingerprint density at radius 2 is 1.49 bits per heavy atom. The molecule has 0 aliphatic carbocycles. The molecule has 0 fully saturated rings. The van der Waals surface area contributed by atoms with Gasteiger partial charge in [0.1, 0.15) is 17.2 Å². The molecule has 0 unspecified atom stereocenters. The third kappa shape index (κ3) is 7.50. The van der Waals surface area contributed by atoms with Crippen molar-refractivity contribution in [3.05, 3.63) is 77.9 Å². The summed E-state index contributed by atoms with van der Waals surface area (Å²) in [6.45, 7) is 2.22. The van der Waals surface area contributed by atoms with Gasteiger partial charge in [0.05, 0.1) is 32.6 Å². The third-order valence-corrected chi connectivity index (χ3v) is 4.62. The number of esters is 1. The molecule has 0 bridgehead atoms. The molecule has 1 N–H and O–H groups in total. The monoisotopic (exact) mass is 478 g/mol. The molecular formula is C26H26N2O7. The Balaban J connectivity index is 1.53. The summed E-state index contributed by atoms with van der Waals surface area (Å²) in [5.74, 6) is 1.53. The van der Waals surface area contributed by atoms with Gasteiger partial charge < -0.3 is 23.7 Å². The first kappa shape index (κ1) is 25.1. The average Bonchev–Trinajstić information content (AvgIpc) is 2.89. The van der Waals surface area contributed by atoms with Gasteiger partial charge >= 0.3 is 5.97 Å². The maximum atomic E-state index is 12.5. The van der Waals surface area contributed by atoms with Gasteiger partial charge in [-0.3, -0.25) is 4.79 Å². The van der Waals surface area contributed by atoms with Crippen LogP contribution in [0.5, 0.6) is 28.7 Å². The van der Waals surface area contributed by atoms with Gasteiger partial charge in [-0.2, -0.15) is 5.10 Å². The van der Waals surface area contributed by atoms with Crippen LogP contribution in [-0.2, 0) is 4.79 Å². The molecule has 3 rings (SSSR count). The van der Waals surface area contributed by atoms with Gasteiger partial charge in [0.2, 0.25) is 0 Å². The van der Waals surface area contributed by atoms with Crippen molar-refractivity contribution < 1.29 is 33.3 Å². The molecule has 3 aromatic carbocycles. The first-order chi connectivity index (χ1) is 17.0. The molecule has 0 heterocycles. The van der Waals surface area contributed by atoms with Crippen molar-refractivity contribution in [1.29, 1.82) is 0 Å². The van der Waals surface area contributed by atoms with Crippen LogP contribution in [0.2, 0.25) is 0 Å². The van der Waals surface area contributed by atoms with Crippen LogP contribution < -0.4 is 29.1 Å². The van der Waals surface area contributed by atoms with E-state index >= 15 is 0 Å².